The van der Waals surface area contributed by atoms with Crippen LogP contribution in [0.2, 0.25) is 0 Å². The van der Waals surface area contributed by atoms with Gasteiger partial charge in [-0.15, -0.1) is 11.8 Å². The molecule has 0 saturated carbocycles. The lowest BCUT2D eigenvalue weighted by Gasteiger charge is -2.26. The summed E-state index contributed by atoms with van der Waals surface area (Å²) in [4.78, 5) is 24.8. The zero-order valence-corrected chi connectivity index (χ0v) is 12.4. The summed E-state index contributed by atoms with van der Waals surface area (Å²) in [6.45, 7) is 1.94. The van der Waals surface area contributed by atoms with Gasteiger partial charge in [0.05, 0.1) is 5.37 Å². The fourth-order valence-corrected chi connectivity index (χ4v) is 3.59. The van der Waals surface area contributed by atoms with Gasteiger partial charge in [-0.3, -0.25) is 4.90 Å². The summed E-state index contributed by atoms with van der Waals surface area (Å²) in [6, 6.07) is 4.86. The molecular weight excluding hydrogens is 295 g/mol. The van der Waals surface area contributed by atoms with Gasteiger partial charge in [0.1, 0.15) is 11.9 Å². The average molecular weight is 312 g/mol. The summed E-state index contributed by atoms with van der Waals surface area (Å²) in [5.74, 6) is -1.03. The predicted molar refractivity (Wildman–Crippen MR) is 78.4 cm³/mol. The van der Waals surface area contributed by atoms with Crippen LogP contribution in [0, 0.1) is 5.82 Å². The van der Waals surface area contributed by atoms with Crippen molar-refractivity contribution >= 4 is 23.8 Å². The second-order valence-electron chi connectivity index (χ2n) is 4.71. The third-order valence-electron chi connectivity index (χ3n) is 3.35. The number of carbonyl (C=O) groups excluding carboxylic acids is 1. The number of rotatable bonds is 4. The molecule has 7 heteroatoms. The summed E-state index contributed by atoms with van der Waals surface area (Å²) in [6.07, 6.45) is 0.668. The molecule has 0 spiro atoms. The highest BCUT2D eigenvalue weighted by Gasteiger charge is 2.40. The molecule has 0 aromatic heterocycles. The molecule has 1 heterocycles. The van der Waals surface area contributed by atoms with Gasteiger partial charge >= 0.3 is 12.0 Å². The maximum atomic E-state index is 13.5. The summed E-state index contributed by atoms with van der Waals surface area (Å²) >= 11 is 1.45. The van der Waals surface area contributed by atoms with Crippen molar-refractivity contribution in [3.05, 3.63) is 35.6 Å². The molecule has 2 atom stereocenters. The lowest BCUT2D eigenvalue weighted by Crippen LogP contribution is -2.49. The van der Waals surface area contributed by atoms with E-state index < -0.39 is 23.9 Å². The summed E-state index contributed by atoms with van der Waals surface area (Å²) in [7, 11) is 0. The normalized spacial score (nSPS) is 21.3. The van der Waals surface area contributed by atoms with E-state index in [0.29, 0.717) is 17.7 Å². The first-order valence-electron chi connectivity index (χ1n) is 6.68. The Morgan fingerprint density at radius 2 is 2.19 bits per heavy atom. The van der Waals surface area contributed by atoms with Gasteiger partial charge in [0.2, 0.25) is 0 Å². The molecule has 0 aliphatic carbocycles. The van der Waals surface area contributed by atoms with E-state index in [2.05, 4.69) is 5.32 Å². The van der Waals surface area contributed by atoms with Crippen LogP contribution in [0.3, 0.4) is 0 Å². The van der Waals surface area contributed by atoms with Gasteiger partial charge in [0.15, 0.2) is 0 Å². The number of carbonyl (C=O) groups is 2. The quantitative estimate of drug-likeness (QED) is 0.895. The van der Waals surface area contributed by atoms with Crippen molar-refractivity contribution < 1.29 is 19.1 Å². The summed E-state index contributed by atoms with van der Waals surface area (Å²) < 4.78 is 13.5. The number of carboxylic acids is 1. The number of thioether (sulfide) groups is 1. The Labute approximate surface area is 126 Å². The smallest absolute Gasteiger partial charge is 0.327 e. The van der Waals surface area contributed by atoms with Gasteiger partial charge in [0.25, 0.3) is 0 Å². The van der Waals surface area contributed by atoms with E-state index >= 15 is 0 Å². The molecule has 2 amide bonds. The highest BCUT2D eigenvalue weighted by molar-refractivity contribution is 8.00. The van der Waals surface area contributed by atoms with Crippen LogP contribution in [0.15, 0.2) is 24.3 Å². The molecule has 1 aliphatic rings. The van der Waals surface area contributed by atoms with E-state index in [0.717, 1.165) is 0 Å². The van der Waals surface area contributed by atoms with Gasteiger partial charge in [-0.2, -0.15) is 0 Å². The first-order valence-corrected chi connectivity index (χ1v) is 7.73. The van der Waals surface area contributed by atoms with Crippen molar-refractivity contribution in [2.45, 2.75) is 31.3 Å². The molecule has 1 aliphatic heterocycles. The van der Waals surface area contributed by atoms with Crippen LogP contribution in [-0.2, 0) is 11.3 Å². The Kier molecular flexibility index (Phi) is 5.06. The number of hydrogen-bond acceptors (Lipinski definition) is 3. The van der Waals surface area contributed by atoms with Crippen LogP contribution in [0.1, 0.15) is 18.9 Å². The second kappa shape index (κ2) is 6.80. The summed E-state index contributed by atoms with van der Waals surface area (Å²) in [5, 5.41) is 11.6. The minimum absolute atomic E-state index is 0.0371. The number of hydrogen-bond donors (Lipinski definition) is 2. The molecule has 114 valence electrons. The van der Waals surface area contributed by atoms with Crippen molar-refractivity contribution in [2.75, 3.05) is 5.75 Å². The number of halogens is 1. The van der Waals surface area contributed by atoms with E-state index in [1.54, 1.807) is 18.2 Å². The van der Waals surface area contributed by atoms with Gasteiger partial charge in [-0.05, 0) is 12.5 Å². The van der Waals surface area contributed by atoms with E-state index in [4.69, 9.17) is 0 Å². The standard InChI is InChI=1S/C14H17FN2O3S/c1-2-12-17(11(8-21-12)13(18)19)14(20)16-7-9-5-3-4-6-10(9)15/h3-6,11-12H,2,7-8H2,1H3,(H,16,20)(H,18,19). The molecule has 1 fully saturated rings. The zero-order chi connectivity index (χ0) is 15.4. The molecule has 2 N–H and O–H groups in total. The van der Waals surface area contributed by atoms with E-state index in [1.165, 1.54) is 22.7 Å². The van der Waals surface area contributed by atoms with Crippen molar-refractivity contribution in [1.29, 1.82) is 0 Å². The second-order valence-corrected chi connectivity index (χ2v) is 5.92. The Morgan fingerprint density at radius 3 is 2.81 bits per heavy atom. The number of amides is 2. The van der Waals surface area contributed by atoms with Gasteiger partial charge < -0.3 is 10.4 Å². The van der Waals surface area contributed by atoms with Gasteiger partial charge in [0, 0.05) is 17.9 Å². The molecule has 1 saturated heterocycles. The third kappa shape index (κ3) is 3.47. The van der Waals surface area contributed by atoms with E-state index in [1.807, 2.05) is 6.92 Å². The van der Waals surface area contributed by atoms with Crippen molar-refractivity contribution in [1.82, 2.24) is 10.2 Å². The lowest BCUT2D eigenvalue weighted by molar-refractivity contribution is -0.141. The molecule has 1 aromatic rings. The Hall–Kier alpha value is -1.76. The maximum absolute atomic E-state index is 13.5. The predicted octanol–water partition coefficient (Wildman–Crippen LogP) is 2.27. The van der Waals surface area contributed by atoms with Crippen LogP contribution in [0.5, 0.6) is 0 Å². The molecular formula is C14H17FN2O3S. The summed E-state index contributed by atoms with van der Waals surface area (Å²) in [5.41, 5.74) is 0.373. The van der Waals surface area contributed by atoms with Crippen molar-refractivity contribution in [2.24, 2.45) is 0 Å². The number of aliphatic carboxylic acids is 1. The average Bonchev–Trinajstić information content (AvgIpc) is 2.90. The van der Waals surface area contributed by atoms with Crippen LogP contribution in [-0.4, -0.2) is 39.2 Å². The zero-order valence-electron chi connectivity index (χ0n) is 11.6. The lowest BCUT2D eigenvalue weighted by atomic mass is 10.2. The van der Waals surface area contributed by atoms with Crippen molar-refractivity contribution in [3.63, 3.8) is 0 Å². The topological polar surface area (TPSA) is 69.6 Å². The first kappa shape index (κ1) is 15.6. The van der Waals surface area contributed by atoms with Crippen LogP contribution >= 0.6 is 11.8 Å². The minimum atomic E-state index is -1.01. The SMILES string of the molecule is CCC1SCC(C(=O)O)N1C(=O)NCc1ccccc1F. The highest BCUT2D eigenvalue weighted by Crippen LogP contribution is 2.31. The van der Waals surface area contributed by atoms with Crippen LogP contribution in [0.25, 0.3) is 0 Å². The number of carboxylic acid groups (broad SMARTS) is 1. The molecule has 0 radical (unpaired) electrons. The Morgan fingerprint density at radius 1 is 1.48 bits per heavy atom. The van der Waals surface area contributed by atoms with E-state index in [-0.39, 0.29) is 11.9 Å². The molecule has 2 unspecified atom stereocenters. The first-order chi connectivity index (χ1) is 10.0. The molecule has 1 aromatic carbocycles. The van der Waals surface area contributed by atoms with Gasteiger partial charge in [-0.25, -0.2) is 14.0 Å². The maximum Gasteiger partial charge on any atom is 0.327 e. The Balaban J connectivity index is 2.04. The largest absolute Gasteiger partial charge is 0.480 e. The third-order valence-corrected chi connectivity index (χ3v) is 4.80. The number of nitrogens with zero attached hydrogens (tertiary/aromatic N) is 1. The highest BCUT2D eigenvalue weighted by atomic mass is 32.2. The van der Waals surface area contributed by atoms with Crippen LogP contribution in [0.4, 0.5) is 9.18 Å². The van der Waals surface area contributed by atoms with Crippen LogP contribution < -0.4 is 5.32 Å². The minimum Gasteiger partial charge on any atom is -0.480 e. The van der Waals surface area contributed by atoms with Crippen molar-refractivity contribution in [3.8, 4) is 0 Å². The fraction of sp³-hybridized carbons (Fsp3) is 0.429. The van der Waals surface area contributed by atoms with Gasteiger partial charge in [-0.1, -0.05) is 25.1 Å². The molecule has 5 nitrogen and oxygen atoms in total. The molecule has 0 bridgehead atoms. The Bertz CT molecular complexity index is 541. The number of nitrogens with one attached hydrogen (secondary N) is 1. The fourth-order valence-electron chi connectivity index (χ4n) is 2.24. The number of benzene rings is 1. The molecule has 2 rings (SSSR count). The monoisotopic (exact) mass is 312 g/mol. The molecule has 21 heavy (non-hydrogen) atoms. The number of urea groups is 1. The van der Waals surface area contributed by atoms with E-state index in [9.17, 15) is 19.1 Å².